The van der Waals surface area contributed by atoms with Crippen molar-refractivity contribution in [3.8, 4) is 0 Å². The third-order valence-corrected chi connectivity index (χ3v) is 11.3. The lowest BCUT2D eigenvalue weighted by Crippen LogP contribution is -2.27. The van der Waals surface area contributed by atoms with E-state index in [2.05, 4.69) is 165 Å². The molecule has 2 heterocycles. The molecule has 0 atom stereocenters. The first kappa shape index (κ1) is 34.9. The van der Waals surface area contributed by atoms with Crippen LogP contribution in [0.4, 0.5) is 22.7 Å². The molecule has 5 heteroatoms. The summed E-state index contributed by atoms with van der Waals surface area (Å²) in [6.45, 7) is 12.3. The second-order valence-electron chi connectivity index (χ2n) is 15.3. The van der Waals surface area contributed by atoms with Crippen LogP contribution >= 0.6 is 0 Å². The standard InChI is InChI=1S/C47H48N3O2/c1-31(51)35-21-25-41-39(29-35)46(3,4)43(48(41)7)27-23-33-19-20-34(45(33)50(37-15-11-9-12-16-37)38-17-13-10-14-18-38)24-28-44-47(5,6)40-30-36(32(2)52)22-26-42(40)49(44)8/h9-18,21-30H,19-20H2,1-8H3/q+1. The van der Waals surface area contributed by atoms with Crippen molar-refractivity contribution < 1.29 is 14.2 Å². The molecule has 0 saturated carbocycles. The molecule has 2 aliphatic heterocycles. The number of likely N-dealkylation sites (N-methyl/N-ethyl adjacent to an activating group) is 1. The minimum absolute atomic E-state index is 0.0825. The lowest BCUT2D eigenvalue weighted by Gasteiger charge is -2.29. The molecule has 5 nitrogen and oxygen atoms in total. The molecule has 4 aromatic carbocycles. The van der Waals surface area contributed by atoms with Gasteiger partial charge in [0.05, 0.1) is 11.1 Å². The number of carbonyl (C=O) groups excluding carboxylic acids is 2. The molecule has 0 aromatic heterocycles. The van der Waals surface area contributed by atoms with Crippen LogP contribution in [0.15, 0.2) is 144 Å². The average molecular weight is 687 g/mol. The first-order valence-electron chi connectivity index (χ1n) is 18.2. The Balaban J connectivity index is 1.36. The molecule has 3 aliphatic rings. The molecule has 262 valence electrons. The number of Topliss-reactive ketones (excluding diaryl/α,β-unsaturated/α-hetero) is 2. The van der Waals surface area contributed by atoms with E-state index in [1.807, 2.05) is 12.1 Å². The fraction of sp³-hybridized carbons (Fsp3) is 0.255. The topological polar surface area (TPSA) is 43.6 Å². The van der Waals surface area contributed by atoms with Crippen molar-refractivity contribution in [3.63, 3.8) is 0 Å². The minimum Gasteiger partial charge on any atom is -0.347 e. The molecule has 0 radical (unpaired) electrons. The Morgan fingerprint density at radius 1 is 0.712 bits per heavy atom. The molecular weight excluding hydrogens is 639 g/mol. The number of allylic oxidation sites excluding steroid dienone is 7. The third kappa shape index (κ3) is 5.88. The van der Waals surface area contributed by atoms with Gasteiger partial charge >= 0.3 is 0 Å². The number of hydrogen-bond acceptors (Lipinski definition) is 4. The molecule has 52 heavy (non-hydrogen) atoms. The predicted molar refractivity (Wildman–Crippen MR) is 215 cm³/mol. The van der Waals surface area contributed by atoms with Gasteiger partial charge in [-0.25, -0.2) is 0 Å². The SMILES string of the molecule is CC(=O)c1ccc2c(c1)C(C)(C)C(/C=C/C1=C(N(c3ccccc3)c3ccccc3)C(=C/C=C3/N(C)c4ccc(C(C)=O)cc4C3(C)C)/CC1)=[N+]2C. The summed E-state index contributed by atoms with van der Waals surface area (Å²) >= 11 is 0. The number of benzene rings is 4. The molecule has 0 saturated heterocycles. The van der Waals surface area contributed by atoms with Crippen LogP contribution in [0, 0.1) is 0 Å². The molecule has 7 rings (SSSR count). The minimum atomic E-state index is -0.275. The summed E-state index contributed by atoms with van der Waals surface area (Å²) in [6.07, 6.45) is 11.0. The highest BCUT2D eigenvalue weighted by molar-refractivity contribution is 6.04. The van der Waals surface area contributed by atoms with Crippen molar-refractivity contribution in [2.75, 3.05) is 23.9 Å². The zero-order valence-electron chi connectivity index (χ0n) is 31.6. The highest BCUT2D eigenvalue weighted by Crippen LogP contribution is 2.48. The van der Waals surface area contributed by atoms with Gasteiger partial charge in [0, 0.05) is 64.1 Å². The number of nitrogens with zero attached hydrogens (tertiary/aromatic N) is 3. The van der Waals surface area contributed by atoms with E-state index in [0.29, 0.717) is 0 Å². The first-order chi connectivity index (χ1) is 24.8. The summed E-state index contributed by atoms with van der Waals surface area (Å²) in [6, 6.07) is 33.4. The number of fused-ring (bicyclic) bond motifs is 2. The fourth-order valence-electron chi connectivity index (χ4n) is 8.36. The van der Waals surface area contributed by atoms with Gasteiger partial charge in [0.15, 0.2) is 17.3 Å². The molecule has 0 unspecified atom stereocenters. The second kappa shape index (κ2) is 13.2. The van der Waals surface area contributed by atoms with Crippen molar-refractivity contribution in [2.24, 2.45) is 0 Å². The van der Waals surface area contributed by atoms with Gasteiger partial charge in [-0.05, 0) is 118 Å². The number of anilines is 3. The van der Waals surface area contributed by atoms with Crippen LogP contribution in [-0.4, -0.2) is 35.9 Å². The summed E-state index contributed by atoms with van der Waals surface area (Å²) in [7, 11) is 4.25. The molecule has 0 amide bonds. The Labute approximate surface area is 308 Å². The molecule has 4 aromatic rings. The van der Waals surface area contributed by atoms with E-state index in [-0.39, 0.29) is 22.4 Å². The lowest BCUT2D eigenvalue weighted by atomic mass is 9.80. The van der Waals surface area contributed by atoms with E-state index >= 15 is 0 Å². The largest absolute Gasteiger partial charge is 0.347 e. The van der Waals surface area contributed by atoms with Crippen molar-refractivity contribution in [1.82, 2.24) is 0 Å². The van der Waals surface area contributed by atoms with E-state index in [1.165, 1.54) is 39.4 Å². The average Bonchev–Trinajstić information content (AvgIpc) is 3.68. The summed E-state index contributed by atoms with van der Waals surface area (Å²) in [5, 5.41) is 0. The van der Waals surface area contributed by atoms with Gasteiger partial charge in [-0.2, -0.15) is 4.58 Å². The number of ketones is 2. The van der Waals surface area contributed by atoms with Gasteiger partial charge in [-0.3, -0.25) is 9.59 Å². The Morgan fingerprint density at radius 3 is 1.88 bits per heavy atom. The Hall–Kier alpha value is -5.55. The van der Waals surface area contributed by atoms with E-state index in [9.17, 15) is 9.59 Å². The lowest BCUT2D eigenvalue weighted by molar-refractivity contribution is -0.401. The van der Waals surface area contributed by atoms with Crippen molar-refractivity contribution in [2.45, 2.75) is 65.2 Å². The highest BCUT2D eigenvalue weighted by Gasteiger charge is 2.43. The number of carbonyl (C=O) groups is 2. The van der Waals surface area contributed by atoms with E-state index < -0.39 is 0 Å². The maximum atomic E-state index is 12.3. The van der Waals surface area contributed by atoms with E-state index in [1.54, 1.807) is 13.8 Å². The van der Waals surface area contributed by atoms with Crippen molar-refractivity contribution >= 4 is 40.0 Å². The first-order valence-corrected chi connectivity index (χ1v) is 18.2. The maximum absolute atomic E-state index is 12.3. The van der Waals surface area contributed by atoms with Crippen molar-refractivity contribution in [1.29, 1.82) is 0 Å². The van der Waals surface area contributed by atoms with Gasteiger partial charge in [-0.15, -0.1) is 0 Å². The number of rotatable bonds is 8. The van der Waals surface area contributed by atoms with Crippen LogP contribution in [0.3, 0.4) is 0 Å². The quantitative estimate of drug-likeness (QED) is 0.137. The Morgan fingerprint density at radius 2 is 1.29 bits per heavy atom. The van der Waals surface area contributed by atoms with Crippen LogP contribution in [0.2, 0.25) is 0 Å². The van der Waals surface area contributed by atoms with E-state index in [4.69, 9.17) is 0 Å². The zero-order chi connectivity index (χ0) is 36.9. The molecule has 0 fully saturated rings. The smallest absolute Gasteiger partial charge is 0.209 e. The highest BCUT2D eigenvalue weighted by atomic mass is 16.1. The molecule has 0 bridgehead atoms. The van der Waals surface area contributed by atoms with E-state index in [0.717, 1.165) is 46.7 Å². The maximum Gasteiger partial charge on any atom is 0.209 e. The molecule has 0 spiro atoms. The van der Waals surface area contributed by atoms with Crippen LogP contribution in [0.5, 0.6) is 0 Å². The van der Waals surface area contributed by atoms with Crippen molar-refractivity contribution in [3.05, 3.63) is 166 Å². The summed E-state index contributed by atoms with van der Waals surface area (Å²) in [5.74, 6) is 0.165. The summed E-state index contributed by atoms with van der Waals surface area (Å²) in [4.78, 5) is 29.3. The van der Waals surface area contributed by atoms with Gasteiger partial charge < -0.3 is 9.80 Å². The predicted octanol–water partition coefficient (Wildman–Crippen LogP) is 10.8. The Bertz CT molecular complexity index is 2230. The third-order valence-electron chi connectivity index (χ3n) is 11.3. The van der Waals surface area contributed by atoms with Gasteiger partial charge in [-0.1, -0.05) is 62.4 Å². The van der Waals surface area contributed by atoms with Gasteiger partial charge in [0.2, 0.25) is 5.69 Å². The van der Waals surface area contributed by atoms with Crippen LogP contribution in [0.25, 0.3) is 0 Å². The Kier molecular flexibility index (Phi) is 8.86. The zero-order valence-corrected chi connectivity index (χ0v) is 31.6. The van der Waals surface area contributed by atoms with Gasteiger partial charge in [0.1, 0.15) is 7.05 Å². The monoisotopic (exact) mass is 686 g/mol. The van der Waals surface area contributed by atoms with Crippen LogP contribution in [0.1, 0.15) is 86.2 Å². The number of para-hydroxylation sites is 2. The van der Waals surface area contributed by atoms with Crippen LogP contribution < -0.4 is 9.80 Å². The summed E-state index contributed by atoms with van der Waals surface area (Å²) < 4.78 is 2.27. The molecule has 0 N–H and O–H groups in total. The van der Waals surface area contributed by atoms with Gasteiger partial charge in [0.25, 0.3) is 0 Å². The second-order valence-corrected chi connectivity index (χ2v) is 15.3. The normalized spacial score (nSPS) is 18.9. The molecule has 1 aliphatic carbocycles. The number of hydrogen-bond donors (Lipinski definition) is 0. The summed E-state index contributed by atoms with van der Waals surface area (Å²) in [5.41, 5.74) is 13.9. The molecular formula is C47H48N3O2+. The van der Waals surface area contributed by atoms with Crippen LogP contribution in [-0.2, 0) is 10.8 Å². The fourth-order valence-corrected chi connectivity index (χ4v) is 8.36.